The van der Waals surface area contributed by atoms with E-state index in [0.717, 1.165) is 18.2 Å². The fourth-order valence-electron chi connectivity index (χ4n) is 3.28. The molecule has 8 heteroatoms. The van der Waals surface area contributed by atoms with Crippen LogP contribution in [0.2, 0.25) is 0 Å². The molecule has 1 aromatic carbocycles. The molecule has 136 valence electrons. The number of hydrogen-bond acceptors (Lipinski definition) is 6. The Morgan fingerprint density at radius 3 is 2.77 bits per heavy atom. The van der Waals surface area contributed by atoms with E-state index in [1.165, 1.54) is 0 Å². The predicted octanol–water partition coefficient (Wildman–Crippen LogP) is 1.61. The molecule has 2 aliphatic heterocycles. The van der Waals surface area contributed by atoms with Crippen LogP contribution in [0.1, 0.15) is 6.92 Å². The van der Waals surface area contributed by atoms with Gasteiger partial charge in [-0.1, -0.05) is 12.1 Å². The van der Waals surface area contributed by atoms with Crippen LogP contribution >= 0.6 is 11.3 Å². The highest BCUT2D eigenvalue weighted by atomic mass is 32.1. The quantitative estimate of drug-likeness (QED) is 0.819. The fourth-order valence-corrected chi connectivity index (χ4v) is 3.97. The first-order valence-corrected chi connectivity index (χ1v) is 9.51. The standard InChI is InChI=1S/C18H20N4O3S/c1-13-17(24)22(14-4-2-3-5-15(14)25-13)12-16(23)20-7-9-21(10-8-20)18-19-6-11-26-18/h2-6,11,13H,7-10,12H2,1H3/t13-/m1/s1. The number of aromatic nitrogens is 1. The Morgan fingerprint density at radius 2 is 2.04 bits per heavy atom. The summed E-state index contributed by atoms with van der Waals surface area (Å²) < 4.78 is 5.63. The molecule has 2 aliphatic rings. The number of benzene rings is 1. The van der Waals surface area contributed by atoms with Gasteiger partial charge >= 0.3 is 0 Å². The minimum Gasteiger partial charge on any atom is -0.479 e. The van der Waals surface area contributed by atoms with Crippen LogP contribution in [0.3, 0.4) is 0 Å². The van der Waals surface area contributed by atoms with E-state index >= 15 is 0 Å². The van der Waals surface area contributed by atoms with Gasteiger partial charge in [0.1, 0.15) is 12.3 Å². The summed E-state index contributed by atoms with van der Waals surface area (Å²) in [6, 6.07) is 7.34. The lowest BCUT2D eigenvalue weighted by atomic mass is 10.2. The number of nitrogens with zero attached hydrogens (tertiary/aromatic N) is 4. The van der Waals surface area contributed by atoms with Gasteiger partial charge in [0.2, 0.25) is 5.91 Å². The second-order valence-electron chi connectivity index (χ2n) is 6.33. The summed E-state index contributed by atoms with van der Waals surface area (Å²) in [5, 5.41) is 2.94. The van der Waals surface area contributed by atoms with E-state index in [1.54, 1.807) is 29.4 Å². The highest BCUT2D eigenvalue weighted by Gasteiger charge is 2.34. The topological polar surface area (TPSA) is 66.0 Å². The average molecular weight is 372 g/mol. The van der Waals surface area contributed by atoms with Crippen molar-refractivity contribution in [1.29, 1.82) is 0 Å². The third-order valence-electron chi connectivity index (χ3n) is 4.69. The Hall–Kier alpha value is -2.61. The maximum Gasteiger partial charge on any atom is 0.268 e. The number of thiazole rings is 1. The number of amides is 2. The summed E-state index contributed by atoms with van der Waals surface area (Å²) in [5.74, 6) is 0.417. The van der Waals surface area contributed by atoms with Crippen molar-refractivity contribution in [2.45, 2.75) is 13.0 Å². The Balaban J connectivity index is 1.43. The first-order valence-electron chi connectivity index (χ1n) is 8.63. The van der Waals surface area contributed by atoms with Crippen molar-refractivity contribution in [3.63, 3.8) is 0 Å². The van der Waals surface area contributed by atoms with Crippen molar-refractivity contribution in [3.05, 3.63) is 35.8 Å². The zero-order chi connectivity index (χ0) is 18.1. The largest absolute Gasteiger partial charge is 0.479 e. The van der Waals surface area contributed by atoms with Gasteiger partial charge in [0.15, 0.2) is 11.2 Å². The number of carbonyl (C=O) groups excluding carboxylic acids is 2. The smallest absolute Gasteiger partial charge is 0.268 e. The molecule has 0 saturated carbocycles. The zero-order valence-electron chi connectivity index (χ0n) is 14.5. The predicted molar refractivity (Wildman–Crippen MR) is 99.8 cm³/mol. The number of piperazine rings is 1. The maximum atomic E-state index is 12.8. The van der Waals surface area contributed by atoms with Crippen molar-refractivity contribution >= 4 is 34.0 Å². The lowest BCUT2D eigenvalue weighted by Crippen LogP contribution is -2.54. The highest BCUT2D eigenvalue weighted by Crippen LogP contribution is 2.33. The molecule has 7 nitrogen and oxygen atoms in total. The molecule has 2 amide bonds. The molecule has 0 spiro atoms. The SMILES string of the molecule is C[C@H]1Oc2ccccc2N(CC(=O)N2CCN(c3nccs3)CC2)C1=O. The van der Waals surface area contributed by atoms with E-state index < -0.39 is 6.10 Å². The molecule has 0 radical (unpaired) electrons. The van der Waals surface area contributed by atoms with E-state index in [0.29, 0.717) is 24.5 Å². The first kappa shape index (κ1) is 16.8. The van der Waals surface area contributed by atoms with Gasteiger partial charge < -0.3 is 14.5 Å². The molecular formula is C18H20N4O3S. The summed E-state index contributed by atoms with van der Waals surface area (Å²) in [5.41, 5.74) is 0.658. The molecule has 1 atom stereocenters. The molecule has 3 heterocycles. The molecule has 1 aromatic heterocycles. The van der Waals surface area contributed by atoms with Gasteiger partial charge in [-0.25, -0.2) is 4.98 Å². The van der Waals surface area contributed by atoms with E-state index in [-0.39, 0.29) is 18.4 Å². The third-order valence-corrected chi connectivity index (χ3v) is 5.52. The first-order chi connectivity index (χ1) is 12.6. The number of anilines is 2. The van der Waals surface area contributed by atoms with Crippen molar-refractivity contribution in [3.8, 4) is 5.75 Å². The van der Waals surface area contributed by atoms with Crippen LogP contribution < -0.4 is 14.5 Å². The lowest BCUT2D eigenvalue weighted by molar-refractivity contribution is -0.133. The van der Waals surface area contributed by atoms with Gasteiger partial charge in [0.25, 0.3) is 5.91 Å². The molecule has 4 rings (SSSR count). The number of fused-ring (bicyclic) bond motifs is 1. The molecule has 1 fully saturated rings. The van der Waals surface area contributed by atoms with Gasteiger partial charge in [-0.2, -0.15) is 0 Å². The zero-order valence-corrected chi connectivity index (χ0v) is 15.3. The Bertz CT molecular complexity index is 803. The van der Waals surface area contributed by atoms with Crippen LogP contribution in [0.25, 0.3) is 0 Å². The van der Waals surface area contributed by atoms with Crippen LogP contribution in [0, 0.1) is 0 Å². The van der Waals surface area contributed by atoms with Crippen LogP contribution in [0.5, 0.6) is 5.75 Å². The number of hydrogen-bond donors (Lipinski definition) is 0. The minimum atomic E-state index is -0.584. The number of para-hydroxylation sites is 2. The molecule has 2 aromatic rings. The number of ether oxygens (including phenoxy) is 1. The second-order valence-corrected chi connectivity index (χ2v) is 7.21. The molecule has 0 bridgehead atoms. The van der Waals surface area contributed by atoms with E-state index in [1.807, 2.05) is 34.5 Å². The maximum absolute atomic E-state index is 12.8. The van der Waals surface area contributed by atoms with Crippen LogP contribution in [0.4, 0.5) is 10.8 Å². The third kappa shape index (κ3) is 3.12. The van der Waals surface area contributed by atoms with Gasteiger partial charge in [-0.3, -0.25) is 14.5 Å². The van der Waals surface area contributed by atoms with Crippen LogP contribution in [-0.2, 0) is 9.59 Å². The van der Waals surface area contributed by atoms with Gasteiger partial charge in [-0.15, -0.1) is 11.3 Å². The fraction of sp³-hybridized carbons (Fsp3) is 0.389. The highest BCUT2D eigenvalue weighted by molar-refractivity contribution is 7.13. The second kappa shape index (κ2) is 6.95. The van der Waals surface area contributed by atoms with Gasteiger partial charge in [0.05, 0.1) is 5.69 Å². The monoisotopic (exact) mass is 372 g/mol. The van der Waals surface area contributed by atoms with Crippen LogP contribution in [-0.4, -0.2) is 60.5 Å². The van der Waals surface area contributed by atoms with Crippen molar-refractivity contribution in [2.75, 3.05) is 42.5 Å². The van der Waals surface area contributed by atoms with Crippen molar-refractivity contribution in [1.82, 2.24) is 9.88 Å². The molecule has 0 unspecified atom stereocenters. The van der Waals surface area contributed by atoms with Crippen molar-refractivity contribution < 1.29 is 14.3 Å². The normalized spacial score (nSPS) is 20.0. The summed E-state index contributed by atoms with van der Waals surface area (Å²) in [7, 11) is 0. The summed E-state index contributed by atoms with van der Waals surface area (Å²) in [6.07, 6.45) is 1.21. The molecular weight excluding hydrogens is 352 g/mol. The number of carbonyl (C=O) groups is 2. The van der Waals surface area contributed by atoms with Crippen LogP contribution in [0.15, 0.2) is 35.8 Å². The Labute approximate surface area is 155 Å². The van der Waals surface area contributed by atoms with Gasteiger partial charge in [0, 0.05) is 37.8 Å². The molecule has 0 N–H and O–H groups in total. The summed E-state index contributed by atoms with van der Waals surface area (Å²) >= 11 is 1.60. The van der Waals surface area contributed by atoms with Gasteiger partial charge in [-0.05, 0) is 19.1 Å². The Kier molecular flexibility index (Phi) is 4.50. The summed E-state index contributed by atoms with van der Waals surface area (Å²) in [6.45, 7) is 4.53. The van der Waals surface area contributed by atoms with E-state index in [4.69, 9.17) is 4.74 Å². The lowest BCUT2D eigenvalue weighted by Gasteiger charge is -2.37. The average Bonchev–Trinajstić information content (AvgIpc) is 3.20. The summed E-state index contributed by atoms with van der Waals surface area (Å²) in [4.78, 5) is 35.2. The molecule has 26 heavy (non-hydrogen) atoms. The van der Waals surface area contributed by atoms with Crippen molar-refractivity contribution in [2.24, 2.45) is 0 Å². The van der Waals surface area contributed by atoms with E-state index in [2.05, 4.69) is 9.88 Å². The number of rotatable bonds is 3. The Morgan fingerprint density at radius 1 is 1.27 bits per heavy atom. The minimum absolute atomic E-state index is 0.0407. The van der Waals surface area contributed by atoms with E-state index in [9.17, 15) is 9.59 Å². The molecule has 1 saturated heterocycles. The molecule has 0 aliphatic carbocycles.